The van der Waals surface area contributed by atoms with Crippen LogP contribution in [-0.2, 0) is 11.8 Å². The second kappa shape index (κ2) is 7.39. The summed E-state index contributed by atoms with van der Waals surface area (Å²) >= 11 is 0. The summed E-state index contributed by atoms with van der Waals surface area (Å²) in [5, 5.41) is 15.4. The van der Waals surface area contributed by atoms with Gasteiger partial charge in [-0.2, -0.15) is 10.2 Å². The number of morpholine rings is 1. The minimum atomic E-state index is -0.102. The lowest BCUT2D eigenvalue weighted by Crippen LogP contribution is -2.43. The van der Waals surface area contributed by atoms with Crippen LogP contribution >= 0.6 is 0 Å². The van der Waals surface area contributed by atoms with Gasteiger partial charge in [0.25, 0.3) is 5.56 Å². The first-order valence-corrected chi connectivity index (χ1v) is 8.06. The average molecular weight is 330 g/mol. The average Bonchev–Trinajstić information content (AvgIpc) is 2.59. The maximum absolute atomic E-state index is 11.7. The lowest BCUT2D eigenvalue weighted by Gasteiger charge is -2.34. The largest absolute Gasteiger partial charge is 0.374 e. The first-order valence-electron chi connectivity index (χ1n) is 8.06. The first-order chi connectivity index (χ1) is 11.6. The van der Waals surface area contributed by atoms with E-state index in [4.69, 9.17) is 4.74 Å². The van der Waals surface area contributed by atoms with E-state index < -0.39 is 0 Å². The lowest BCUT2D eigenvalue weighted by molar-refractivity contribution is 0.0374. The fourth-order valence-corrected chi connectivity index (χ4v) is 2.62. The molecule has 0 aromatic carbocycles. The van der Waals surface area contributed by atoms with Crippen molar-refractivity contribution < 1.29 is 4.74 Å². The third-order valence-corrected chi connectivity index (χ3v) is 4.03. The monoisotopic (exact) mass is 330 g/mol. The quantitative estimate of drug-likeness (QED) is 0.858. The van der Waals surface area contributed by atoms with Crippen LogP contribution in [0.3, 0.4) is 0 Å². The van der Waals surface area contributed by atoms with Gasteiger partial charge in [-0.25, -0.2) is 4.68 Å². The van der Waals surface area contributed by atoms with Crippen molar-refractivity contribution >= 4 is 11.5 Å². The highest BCUT2D eigenvalue weighted by Gasteiger charge is 2.21. The summed E-state index contributed by atoms with van der Waals surface area (Å²) in [4.78, 5) is 13.9. The van der Waals surface area contributed by atoms with Crippen LogP contribution in [0.1, 0.15) is 12.1 Å². The van der Waals surface area contributed by atoms with Gasteiger partial charge < -0.3 is 15.0 Å². The van der Waals surface area contributed by atoms with Gasteiger partial charge in [0.1, 0.15) is 5.82 Å². The molecule has 0 spiro atoms. The second-order valence-corrected chi connectivity index (χ2v) is 5.89. The number of hydrogen-bond acceptors (Lipinski definition) is 7. The Morgan fingerprint density at radius 2 is 2.25 bits per heavy atom. The topological polar surface area (TPSA) is 85.2 Å². The van der Waals surface area contributed by atoms with Crippen LogP contribution in [-0.4, -0.2) is 52.3 Å². The number of aryl methyl sites for hydroxylation is 2. The SMILES string of the molecule is Cc1ccc(NCC[C@@H]2CN(c3cnn(C)c(=O)c3)CCO2)nn1. The van der Waals surface area contributed by atoms with E-state index in [0.29, 0.717) is 6.61 Å². The molecule has 0 aliphatic carbocycles. The Bertz CT molecular complexity index is 730. The fourth-order valence-electron chi connectivity index (χ4n) is 2.62. The Morgan fingerprint density at radius 1 is 1.38 bits per heavy atom. The Kier molecular flexibility index (Phi) is 5.05. The molecule has 1 atom stereocenters. The molecule has 1 aliphatic heterocycles. The van der Waals surface area contributed by atoms with Crippen molar-refractivity contribution in [1.82, 2.24) is 20.0 Å². The van der Waals surface area contributed by atoms with Crippen LogP contribution in [0.4, 0.5) is 11.5 Å². The molecule has 0 radical (unpaired) electrons. The molecule has 128 valence electrons. The predicted octanol–water partition coefficient (Wildman–Crippen LogP) is 0.586. The molecule has 0 amide bonds. The van der Waals surface area contributed by atoms with E-state index in [1.54, 1.807) is 19.3 Å². The van der Waals surface area contributed by atoms with Crippen LogP contribution < -0.4 is 15.8 Å². The van der Waals surface area contributed by atoms with Crippen molar-refractivity contribution in [3.8, 4) is 0 Å². The highest BCUT2D eigenvalue weighted by atomic mass is 16.5. The number of aromatic nitrogens is 4. The van der Waals surface area contributed by atoms with E-state index in [2.05, 4.69) is 25.5 Å². The Balaban J connectivity index is 1.52. The molecule has 8 nitrogen and oxygen atoms in total. The van der Waals surface area contributed by atoms with Crippen molar-refractivity contribution in [2.75, 3.05) is 36.5 Å². The van der Waals surface area contributed by atoms with Crippen LogP contribution in [0.15, 0.2) is 29.2 Å². The zero-order valence-corrected chi connectivity index (χ0v) is 14.0. The summed E-state index contributed by atoms with van der Waals surface area (Å²) in [7, 11) is 1.65. The smallest absolute Gasteiger partial charge is 0.268 e. The third-order valence-electron chi connectivity index (χ3n) is 4.03. The minimum Gasteiger partial charge on any atom is -0.374 e. The maximum atomic E-state index is 11.7. The van der Waals surface area contributed by atoms with E-state index in [-0.39, 0.29) is 11.7 Å². The number of nitrogens with zero attached hydrogens (tertiary/aromatic N) is 5. The molecule has 1 N–H and O–H groups in total. The van der Waals surface area contributed by atoms with Gasteiger partial charge in [0.05, 0.1) is 30.3 Å². The van der Waals surface area contributed by atoms with Gasteiger partial charge in [-0.15, -0.1) is 5.10 Å². The molecule has 1 fully saturated rings. The zero-order valence-electron chi connectivity index (χ0n) is 14.0. The van der Waals surface area contributed by atoms with E-state index in [1.807, 2.05) is 19.1 Å². The molecular formula is C16H22N6O2. The van der Waals surface area contributed by atoms with Crippen molar-refractivity contribution in [3.63, 3.8) is 0 Å². The van der Waals surface area contributed by atoms with E-state index in [9.17, 15) is 4.79 Å². The molecule has 3 rings (SSSR count). The fraction of sp³-hybridized carbons (Fsp3) is 0.500. The summed E-state index contributed by atoms with van der Waals surface area (Å²) in [6, 6.07) is 5.47. The molecule has 2 aromatic heterocycles. The third kappa shape index (κ3) is 4.08. The van der Waals surface area contributed by atoms with Gasteiger partial charge in [0, 0.05) is 32.7 Å². The summed E-state index contributed by atoms with van der Waals surface area (Å²) in [5.41, 5.74) is 1.65. The number of ether oxygens (including phenoxy) is 1. The van der Waals surface area contributed by atoms with E-state index in [1.165, 1.54) is 4.68 Å². The number of rotatable bonds is 5. The van der Waals surface area contributed by atoms with Crippen LogP contribution in [0.2, 0.25) is 0 Å². The summed E-state index contributed by atoms with van der Waals surface area (Å²) in [5.74, 6) is 0.768. The van der Waals surface area contributed by atoms with Crippen molar-refractivity contribution in [2.45, 2.75) is 19.4 Å². The van der Waals surface area contributed by atoms with E-state index >= 15 is 0 Å². The van der Waals surface area contributed by atoms with Crippen LogP contribution in [0, 0.1) is 6.92 Å². The van der Waals surface area contributed by atoms with Crippen molar-refractivity contribution in [1.29, 1.82) is 0 Å². The summed E-state index contributed by atoms with van der Waals surface area (Å²) < 4.78 is 7.15. The van der Waals surface area contributed by atoms with Gasteiger partial charge in [-0.1, -0.05) is 0 Å². The van der Waals surface area contributed by atoms with E-state index in [0.717, 1.165) is 43.3 Å². The summed E-state index contributed by atoms with van der Waals surface area (Å²) in [6.07, 6.45) is 2.68. The standard InChI is InChI=1S/C16H22N6O2/c1-12-3-4-15(20-19-12)17-6-5-14-11-22(7-8-24-14)13-9-16(23)21(2)18-10-13/h3-4,9-10,14H,5-8,11H2,1-2H3,(H,17,20)/t14-/m1/s1. The molecule has 1 aliphatic rings. The first kappa shape index (κ1) is 16.4. The Hall–Kier alpha value is -2.48. The Labute approximate surface area is 140 Å². The normalized spacial score (nSPS) is 17.8. The van der Waals surface area contributed by atoms with Crippen molar-refractivity contribution in [3.05, 3.63) is 40.4 Å². The lowest BCUT2D eigenvalue weighted by atomic mass is 10.2. The molecular weight excluding hydrogens is 308 g/mol. The van der Waals surface area contributed by atoms with Crippen LogP contribution in [0.25, 0.3) is 0 Å². The molecule has 24 heavy (non-hydrogen) atoms. The van der Waals surface area contributed by atoms with Crippen molar-refractivity contribution in [2.24, 2.45) is 7.05 Å². The van der Waals surface area contributed by atoms with Gasteiger partial charge in [-0.05, 0) is 25.5 Å². The molecule has 0 unspecified atom stereocenters. The summed E-state index contributed by atoms with van der Waals surface area (Å²) in [6.45, 7) is 4.82. The molecule has 2 aromatic rings. The number of anilines is 2. The molecule has 1 saturated heterocycles. The number of nitrogens with one attached hydrogen (secondary N) is 1. The number of hydrogen-bond donors (Lipinski definition) is 1. The molecule has 8 heteroatoms. The van der Waals surface area contributed by atoms with Crippen LogP contribution in [0.5, 0.6) is 0 Å². The zero-order chi connectivity index (χ0) is 16.9. The van der Waals surface area contributed by atoms with Gasteiger partial charge in [0.15, 0.2) is 0 Å². The second-order valence-electron chi connectivity index (χ2n) is 5.89. The predicted molar refractivity (Wildman–Crippen MR) is 91.3 cm³/mol. The Morgan fingerprint density at radius 3 is 3.00 bits per heavy atom. The molecule has 0 bridgehead atoms. The molecule has 3 heterocycles. The highest BCUT2D eigenvalue weighted by molar-refractivity contribution is 5.43. The molecule has 0 saturated carbocycles. The van der Waals surface area contributed by atoms with Gasteiger partial charge >= 0.3 is 0 Å². The van der Waals surface area contributed by atoms with Gasteiger partial charge in [0.2, 0.25) is 0 Å². The minimum absolute atomic E-state index is 0.102. The van der Waals surface area contributed by atoms with Gasteiger partial charge in [-0.3, -0.25) is 4.79 Å². The maximum Gasteiger partial charge on any atom is 0.268 e. The highest BCUT2D eigenvalue weighted by Crippen LogP contribution is 2.16.